The molecule has 0 saturated heterocycles. The monoisotopic (exact) mass is 335 g/mol. The molecule has 0 aromatic heterocycles. The summed E-state index contributed by atoms with van der Waals surface area (Å²) in [5.41, 5.74) is 5.33. The average molecular weight is 335 g/mol. The van der Waals surface area contributed by atoms with Gasteiger partial charge in [-0.25, -0.2) is 4.79 Å². The maximum atomic E-state index is 11.7. The van der Waals surface area contributed by atoms with Crippen molar-refractivity contribution >= 4 is 23.6 Å². The Balaban J connectivity index is 1.85. The van der Waals surface area contributed by atoms with E-state index in [1.165, 1.54) is 11.6 Å². The Hall–Kier alpha value is -2.88. The van der Waals surface area contributed by atoms with Crippen LogP contribution in [0.2, 0.25) is 0 Å². The molecule has 1 amide bonds. The number of rotatable bonds is 4. The molecule has 3 rings (SSSR count). The van der Waals surface area contributed by atoms with Crippen LogP contribution in [0, 0.1) is 0 Å². The lowest BCUT2D eigenvalue weighted by atomic mass is 10.00. The number of esters is 1. The van der Waals surface area contributed by atoms with Crippen LogP contribution in [0.25, 0.3) is 17.2 Å². The van der Waals surface area contributed by atoms with Gasteiger partial charge >= 0.3 is 5.97 Å². The van der Waals surface area contributed by atoms with E-state index in [4.69, 9.17) is 4.74 Å². The number of benzene rings is 2. The first-order chi connectivity index (χ1) is 12.1. The third kappa shape index (κ3) is 3.79. The number of ether oxygens (including phenoxy) is 1. The van der Waals surface area contributed by atoms with Gasteiger partial charge in [0.15, 0.2) is 0 Å². The van der Waals surface area contributed by atoms with Crippen molar-refractivity contribution in [2.45, 2.75) is 20.3 Å². The first-order valence-electron chi connectivity index (χ1n) is 8.45. The second-order valence-corrected chi connectivity index (χ2v) is 5.97. The molecular formula is C21H21NO3. The molecule has 0 spiro atoms. The van der Waals surface area contributed by atoms with E-state index in [1.54, 1.807) is 19.9 Å². The highest BCUT2D eigenvalue weighted by Crippen LogP contribution is 2.32. The Kier molecular flexibility index (Phi) is 4.98. The molecular weight excluding hydrogens is 314 g/mol. The van der Waals surface area contributed by atoms with E-state index < -0.39 is 0 Å². The maximum absolute atomic E-state index is 11.7. The summed E-state index contributed by atoms with van der Waals surface area (Å²) in [6.45, 7) is 4.50. The van der Waals surface area contributed by atoms with Crippen molar-refractivity contribution in [1.82, 2.24) is 0 Å². The van der Waals surface area contributed by atoms with Crippen molar-refractivity contribution in [3.8, 4) is 11.1 Å². The zero-order chi connectivity index (χ0) is 17.8. The van der Waals surface area contributed by atoms with Crippen LogP contribution >= 0.6 is 0 Å². The summed E-state index contributed by atoms with van der Waals surface area (Å²) in [5, 5.41) is 0. The molecule has 0 unspecified atom stereocenters. The predicted octanol–water partition coefficient (Wildman–Crippen LogP) is 3.84. The Morgan fingerprint density at radius 3 is 2.72 bits per heavy atom. The van der Waals surface area contributed by atoms with Gasteiger partial charge in [0.2, 0.25) is 5.91 Å². The number of carbonyl (C=O) groups is 2. The molecule has 0 atom stereocenters. The Bertz CT molecular complexity index is 839. The number of carbonyl (C=O) groups excluding carboxylic acids is 2. The molecule has 128 valence electrons. The van der Waals surface area contributed by atoms with Gasteiger partial charge in [0, 0.05) is 25.2 Å². The van der Waals surface area contributed by atoms with Gasteiger partial charge in [0.05, 0.1) is 6.61 Å². The van der Waals surface area contributed by atoms with Crippen LogP contribution in [0.15, 0.2) is 48.5 Å². The summed E-state index contributed by atoms with van der Waals surface area (Å²) in [6, 6.07) is 14.2. The van der Waals surface area contributed by atoms with Gasteiger partial charge in [-0.1, -0.05) is 24.3 Å². The molecule has 0 saturated carbocycles. The fourth-order valence-corrected chi connectivity index (χ4v) is 3.08. The number of anilines is 1. The summed E-state index contributed by atoms with van der Waals surface area (Å²) >= 11 is 0. The van der Waals surface area contributed by atoms with Gasteiger partial charge in [0.25, 0.3) is 0 Å². The first-order valence-corrected chi connectivity index (χ1v) is 8.45. The summed E-state index contributed by atoms with van der Waals surface area (Å²) in [7, 11) is 0. The second kappa shape index (κ2) is 7.34. The van der Waals surface area contributed by atoms with E-state index >= 15 is 0 Å². The van der Waals surface area contributed by atoms with E-state index in [0.29, 0.717) is 6.61 Å². The van der Waals surface area contributed by atoms with Gasteiger partial charge < -0.3 is 9.64 Å². The lowest BCUT2D eigenvalue weighted by molar-refractivity contribution is -0.137. The van der Waals surface area contributed by atoms with Crippen molar-refractivity contribution in [2.24, 2.45) is 0 Å². The largest absolute Gasteiger partial charge is 0.463 e. The zero-order valence-corrected chi connectivity index (χ0v) is 14.5. The van der Waals surface area contributed by atoms with Crippen molar-refractivity contribution in [2.75, 3.05) is 18.1 Å². The minimum atomic E-state index is -0.338. The van der Waals surface area contributed by atoms with Crippen molar-refractivity contribution in [3.05, 3.63) is 59.7 Å². The van der Waals surface area contributed by atoms with Crippen LogP contribution in [-0.4, -0.2) is 25.0 Å². The fourth-order valence-electron chi connectivity index (χ4n) is 3.08. The standard InChI is InChI=1S/C21H21NO3/c1-3-25-21(24)10-7-16-5-4-6-17(13-16)18-8-9-20-19(14-18)11-12-22(20)15(2)23/h4-10,13-14H,3,11-12H2,1-2H3/b10-7+. The summed E-state index contributed by atoms with van der Waals surface area (Å²) in [4.78, 5) is 24.9. The molecule has 0 radical (unpaired) electrons. The Labute approximate surface area is 147 Å². The summed E-state index contributed by atoms with van der Waals surface area (Å²) in [6.07, 6.45) is 4.08. The molecule has 0 fully saturated rings. The third-order valence-corrected chi connectivity index (χ3v) is 4.27. The molecule has 2 aromatic rings. The van der Waals surface area contributed by atoms with E-state index in [0.717, 1.165) is 35.3 Å². The molecule has 0 N–H and O–H groups in total. The molecule has 2 aromatic carbocycles. The Morgan fingerprint density at radius 1 is 1.16 bits per heavy atom. The second-order valence-electron chi connectivity index (χ2n) is 5.97. The van der Waals surface area contributed by atoms with E-state index in [2.05, 4.69) is 6.07 Å². The minimum absolute atomic E-state index is 0.0811. The van der Waals surface area contributed by atoms with Crippen LogP contribution in [0.3, 0.4) is 0 Å². The van der Waals surface area contributed by atoms with Gasteiger partial charge in [0.1, 0.15) is 0 Å². The number of hydrogen-bond acceptors (Lipinski definition) is 3. The summed E-state index contributed by atoms with van der Waals surface area (Å²) in [5.74, 6) is -0.257. The van der Waals surface area contributed by atoms with Gasteiger partial charge in [-0.05, 0) is 59.9 Å². The van der Waals surface area contributed by atoms with E-state index in [-0.39, 0.29) is 11.9 Å². The quantitative estimate of drug-likeness (QED) is 0.630. The van der Waals surface area contributed by atoms with Gasteiger partial charge in [-0.15, -0.1) is 0 Å². The van der Waals surface area contributed by atoms with E-state index in [1.807, 2.05) is 41.3 Å². The molecule has 4 heteroatoms. The van der Waals surface area contributed by atoms with Crippen LogP contribution in [0.5, 0.6) is 0 Å². The van der Waals surface area contributed by atoms with Crippen LogP contribution in [-0.2, 0) is 20.7 Å². The molecule has 25 heavy (non-hydrogen) atoms. The normalized spacial score (nSPS) is 13.1. The minimum Gasteiger partial charge on any atom is -0.463 e. The summed E-state index contributed by atoms with van der Waals surface area (Å²) < 4.78 is 4.90. The molecule has 4 nitrogen and oxygen atoms in total. The molecule has 1 aliphatic heterocycles. The highest BCUT2D eigenvalue weighted by Gasteiger charge is 2.22. The van der Waals surface area contributed by atoms with Crippen LogP contribution in [0.4, 0.5) is 5.69 Å². The molecule has 0 bridgehead atoms. The van der Waals surface area contributed by atoms with E-state index in [9.17, 15) is 9.59 Å². The Morgan fingerprint density at radius 2 is 1.96 bits per heavy atom. The van der Waals surface area contributed by atoms with Gasteiger partial charge in [-0.3, -0.25) is 4.79 Å². The third-order valence-electron chi connectivity index (χ3n) is 4.27. The molecule has 1 aliphatic rings. The van der Waals surface area contributed by atoms with Crippen molar-refractivity contribution in [3.63, 3.8) is 0 Å². The fraction of sp³-hybridized carbons (Fsp3) is 0.238. The number of nitrogens with zero attached hydrogens (tertiary/aromatic N) is 1. The van der Waals surface area contributed by atoms with Crippen molar-refractivity contribution < 1.29 is 14.3 Å². The first kappa shape index (κ1) is 17.0. The average Bonchev–Trinajstić information content (AvgIpc) is 3.04. The topological polar surface area (TPSA) is 46.6 Å². The zero-order valence-electron chi connectivity index (χ0n) is 14.5. The van der Waals surface area contributed by atoms with Crippen LogP contribution in [0.1, 0.15) is 25.0 Å². The van der Waals surface area contributed by atoms with Gasteiger partial charge in [-0.2, -0.15) is 0 Å². The number of fused-ring (bicyclic) bond motifs is 1. The molecule has 0 aliphatic carbocycles. The molecule has 1 heterocycles. The number of hydrogen-bond donors (Lipinski definition) is 0. The predicted molar refractivity (Wildman–Crippen MR) is 99.3 cm³/mol. The lowest BCUT2D eigenvalue weighted by Gasteiger charge is -2.15. The lowest BCUT2D eigenvalue weighted by Crippen LogP contribution is -2.25. The highest BCUT2D eigenvalue weighted by molar-refractivity contribution is 5.94. The maximum Gasteiger partial charge on any atom is 0.330 e. The SMILES string of the molecule is CCOC(=O)/C=C/c1cccc(-c2ccc3c(c2)CCN3C(C)=O)c1. The van der Waals surface area contributed by atoms with Crippen LogP contribution < -0.4 is 4.90 Å². The van der Waals surface area contributed by atoms with Crippen molar-refractivity contribution in [1.29, 1.82) is 0 Å². The highest BCUT2D eigenvalue weighted by atomic mass is 16.5. The number of amides is 1. The smallest absolute Gasteiger partial charge is 0.330 e.